The van der Waals surface area contributed by atoms with Gasteiger partial charge in [0.2, 0.25) is 0 Å². The van der Waals surface area contributed by atoms with Crippen molar-refractivity contribution in [2.75, 3.05) is 13.2 Å². The summed E-state index contributed by atoms with van der Waals surface area (Å²) in [6.45, 7) is 1.69. The van der Waals surface area contributed by atoms with Gasteiger partial charge in [-0.1, -0.05) is 12.1 Å². The van der Waals surface area contributed by atoms with E-state index in [4.69, 9.17) is 4.74 Å². The average molecular weight is 227 g/mol. The summed E-state index contributed by atoms with van der Waals surface area (Å²) in [4.78, 5) is 0. The molecule has 88 valence electrons. The molecule has 0 aliphatic carbocycles. The van der Waals surface area contributed by atoms with E-state index in [0.717, 1.165) is 25.5 Å². The van der Waals surface area contributed by atoms with Crippen LogP contribution in [0, 0.1) is 11.6 Å². The SMILES string of the molecule is Fc1cccc(COCC2CCCN2)c1F. The molecule has 1 aromatic rings. The van der Waals surface area contributed by atoms with Crippen molar-refractivity contribution in [3.05, 3.63) is 35.4 Å². The van der Waals surface area contributed by atoms with Crippen LogP contribution in [0.4, 0.5) is 8.78 Å². The first-order chi connectivity index (χ1) is 7.77. The van der Waals surface area contributed by atoms with Gasteiger partial charge in [0.1, 0.15) is 0 Å². The van der Waals surface area contributed by atoms with Crippen molar-refractivity contribution in [2.24, 2.45) is 0 Å². The number of ether oxygens (including phenoxy) is 1. The van der Waals surface area contributed by atoms with Crippen molar-refractivity contribution >= 4 is 0 Å². The number of benzene rings is 1. The average Bonchev–Trinajstić information content (AvgIpc) is 2.77. The van der Waals surface area contributed by atoms with Gasteiger partial charge in [-0.2, -0.15) is 0 Å². The highest BCUT2D eigenvalue weighted by atomic mass is 19.2. The molecule has 0 radical (unpaired) electrons. The normalized spacial score (nSPS) is 20.2. The molecule has 16 heavy (non-hydrogen) atoms. The summed E-state index contributed by atoms with van der Waals surface area (Å²) in [5.74, 6) is -1.62. The van der Waals surface area contributed by atoms with Gasteiger partial charge in [-0.3, -0.25) is 0 Å². The molecule has 1 N–H and O–H groups in total. The van der Waals surface area contributed by atoms with E-state index in [-0.39, 0.29) is 12.2 Å². The third-order valence-electron chi connectivity index (χ3n) is 2.77. The molecular formula is C12H15F2NO. The maximum Gasteiger partial charge on any atom is 0.164 e. The summed E-state index contributed by atoms with van der Waals surface area (Å²) in [6.07, 6.45) is 2.24. The Morgan fingerprint density at radius 2 is 2.25 bits per heavy atom. The zero-order valence-corrected chi connectivity index (χ0v) is 9.01. The van der Waals surface area contributed by atoms with Gasteiger partial charge in [-0.05, 0) is 25.5 Å². The molecular weight excluding hydrogens is 212 g/mol. The largest absolute Gasteiger partial charge is 0.375 e. The molecule has 1 fully saturated rings. The van der Waals surface area contributed by atoms with Crippen molar-refractivity contribution in [3.8, 4) is 0 Å². The molecule has 4 heteroatoms. The van der Waals surface area contributed by atoms with E-state index in [9.17, 15) is 8.78 Å². The Labute approximate surface area is 93.6 Å². The van der Waals surface area contributed by atoms with Crippen LogP contribution in [0.15, 0.2) is 18.2 Å². The quantitative estimate of drug-likeness (QED) is 0.851. The van der Waals surface area contributed by atoms with E-state index < -0.39 is 11.6 Å². The molecule has 0 saturated carbocycles. The third-order valence-corrected chi connectivity index (χ3v) is 2.77. The first kappa shape index (κ1) is 11.5. The van der Waals surface area contributed by atoms with Crippen LogP contribution in [0.5, 0.6) is 0 Å². The lowest BCUT2D eigenvalue weighted by Gasteiger charge is -2.11. The van der Waals surface area contributed by atoms with Crippen molar-refractivity contribution in [1.29, 1.82) is 0 Å². The van der Waals surface area contributed by atoms with Crippen LogP contribution >= 0.6 is 0 Å². The first-order valence-corrected chi connectivity index (χ1v) is 5.51. The molecule has 2 nitrogen and oxygen atoms in total. The Balaban J connectivity index is 1.82. The minimum atomic E-state index is -0.819. The van der Waals surface area contributed by atoms with Gasteiger partial charge in [0, 0.05) is 11.6 Å². The Kier molecular flexibility index (Phi) is 3.85. The first-order valence-electron chi connectivity index (χ1n) is 5.51. The van der Waals surface area contributed by atoms with Crippen LogP contribution in [-0.4, -0.2) is 19.2 Å². The molecule has 0 bridgehead atoms. The van der Waals surface area contributed by atoms with Crippen LogP contribution in [0.3, 0.4) is 0 Å². The summed E-state index contributed by atoms with van der Waals surface area (Å²) in [6, 6.07) is 4.50. The molecule has 0 amide bonds. The second-order valence-electron chi connectivity index (χ2n) is 4.02. The zero-order chi connectivity index (χ0) is 11.4. The smallest absolute Gasteiger partial charge is 0.164 e. The summed E-state index contributed by atoms with van der Waals surface area (Å²) in [5.41, 5.74) is 0.276. The van der Waals surface area contributed by atoms with E-state index in [2.05, 4.69) is 5.32 Å². The molecule has 1 unspecified atom stereocenters. The fraction of sp³-hybridized carbons (Fsp3) is 0.500. The van der Waals surface area contributed by atoms with Crippen LogP contribution in [0.25, 0.3) is 0 Å². The number of halogens is 2. The Hall–Kier alpha value is -1.00. The van der Waals surface area contributed by atoms with Crippen molar-refractivity contribution in [2.45, 2.75) is 25.5 Å². The molecule has 1 aliphatic heterocycles. The van der Waals surface area contributed by atoms with Crippen LogP contribution in [-0.2, 0) is 11.3 Å². The van der Waals surface area contributed by atoms with Gasteiger partial charge in [0.15, 0.2) is 11.6 Å². The second-order valence-corrected chi connectivity index (χ2v) is 4.02. The number of nitrogens with one attached hydrogen (secondary N) is 1. The van der Waals surface area contributed by atoms with Crippen LogP contribution in [0.2, 0.25) is 0 Å². The summed E-state index contributed by atoms with van der Waals surface area (Å²) < 4.78 is 31.5. The van der Waals surface area contributed by atoms with Crippen LogP contribution < -0.4 is 5.32 Å². The number of hydrogen-bond donors (Lipinski definition) is 1. The minimum Gasteiger partial charge on any atom is -0.375 e. The predicted octanol–water partition coefficient (Wildman–Crippen LogP) is 2.23. The maximum atomic E-state index is 13.2. The Morgan fingerprint density at radius 3 is 3.00 bits per heavy atom. The Bertz CT molecular complexity index is 351. The molecule has 2 rings (SSSR count). The lowest BCUT2D eigenvalue weighted by molar-refractivity contribution is 0.101. The van der Waals surface area contributed by atoms with E-state index >= 15 is 0 Å². The van der Waals surface area contributed by atoms with E-state index in [0.29, 0.717) is 12.6 Å². The van der Waals surface area contributed by atoms with Gasteiger partial charge in [0.25, 0.3) is 0 Å². The molecule has 0 aromatic heterocycles. The molecule has 1 aromatic carbocycles. The van der Waals surface area contributed by atoms with Gasteiger partial charge in [0.05, 0.1) is 13.2 Å². The van der Waals surface area contributed by atoms with Crippen molar-refractivity contribution < 1.29 is 13.5 Å². The van der Waals surface area contributed by atoms with Gasteiger partial charge >= 0.3 is 0 Å². The van der Waals surface area contributed by atoms with E-state index in [1.54, 1.807) is 6.07 Å². The maximum absolute atomic E-state index is 13.2. The van der Waals surface area contributed by atoms with E-state index in [1.165, 1.54) is 6.07 Å². The summed E-state index contributed by atoms with van der Waals surface area (Å²) in [5, 5.41) is 3.28. The molecule has 1 heterocycles. The highest BCUT2D eigenvalue weighted by molar-refractivity contribution is 5.17. The minimum absolute atomic E-state index is 0.127. The topological polar surface area (TPSA) is 21.3 Å². The number of hydrogen-bond acceptors (Lipinski definition) is 2. The number of rotatable bonds is 4. The molecule has 0 spiro atoms. The third kappa shape index (κ3) is 2.77. The van der Waals surface area contributed by atoms with Gasteiger partial charge < -0.3 is 10.1 Å². The highest BCUT2D eigenvalue weighted by Crippen LogP contribution is 2.13. The monoisotopic (exact) mass is 227 g/mol. The highest BCUT2D eigenvalue weighted by Gasteiger charge is 2.14. The van der Waals surface area contributed by atoms with Gasteiger partial charge in [-0.15, -0.1) is 0 Å². The lowest BCUT2D eigenvalue weighted by atomic mass is 10.2. The fourth-order valence-electron chi connectivity index (χ4n) is 1.87. The lowest BCUT2D eigenvalue weighted by Crippen LogP contribution is -2.26. The van der Waals surface area contributed by atoms with E-state index in [1.807, 2.05) is 0 Å². The van der Waals surface area contributed by atoms with Crippen molar-refractivity contribution in [3.63, 3.8) is 0 Å². The zero-order valence-electron chi connectivity index (χ0n) is 9.01. The summed E-state index contributed by atoms with van der Waals surface area (Å²) in [7, 11) is 0. The molecule has 1 atom stereocenters. The van der Waals surface area contributed by atoms with Crippen LogP contribution in [0.1, 0.15) is 18.4 Å². The second kappa shape index (κ2) is 5.37. The van der Waals surface area contributed by atoms with Gasteiger partial charge in [-0.25, -0.2) is 8.78 Å². The molecule has 1 saturated heterocycles. The Morgan fingerprint density at radius 1 is 1.38 bits per heavy atom. The van der Waals surface area contributed by atoms with Crippen molar-refractivity contribution in [1.82, 2.24) is 5.32 Å². The fourth-order valence-corrected chi connectivity index (χ4v) is 1.87. The standard InChI is InChI=1S/C12H15F2NO/c13-11-5-1-3-9(12(11)14)7-16-8-10-4-2-6-15-10/h1,3,5,10,15H,2,4,6-8H2. The summed E-state index contributed by atoms with van der Waals surface area (Å²) >= 11 is 0. The predicted molar refractivity (Wildman–Crippen MR) is 57.0 cm³/mol. The molecule has 1 aliphatic rings.